The number of hydrogen-bond acceptors (Lipinski definition) is 5. The van der Waals surface area contributed by atoms with Crippen molar-refractivity contribution in [3.63, 3.8) is 0 Å². The van der Waals surface area contributed by atoms with Crippen LogP contribution in [0.3, 0.4) is 0 Å². The van der Waals surface area contributed by atoms with Gasteiger partial charge in [0, 0.05) is 17.8 Å². The Morgan fingerprint density at radius 2 is 1.84 bits per heavy atom. The Bertz CT molecular complexity index is 1680. The SMILES string of the molecule is COC(=O)c1c(CNC(=O)c2ccc3c(c2)CC=C3)c(=O)c2ccc(C(F)(F)F)nc2n1-c1ccccc1. The fourth-order valence-electron chi connectivity index (χ4n) is 4.44. The lowest BCUT2D eigenvalue weighted by Gasteiger charge is -2.19. The molecule has 2 aromatic carbocycles. The maximum atomic E-state index is 13.5. The van der Waals surface area contributed by atoms with Crippen molar-refractivity contribution in [3.05, 3.63) is 111 Å². The number of fused-ring (bicyclic) bond motifs is 2. The van der Waals surface area contributed by atoms with Crippen LogP contribution in [-0.2, 0) is 23.9 Å². The molecule has 1 amide bonds. The van der Waals surface area contributed by atoms with E-state index in [0.29, 0.717) is 18.1 Å². The van der Waals surface area contributed by atoms with Crippen molar-refractivity contribution in [2.45, 2.75) is 19.1 Å². The first kappa shape index (κ1) is 24.9. The molecule has 1 aliphatic carbocycles. The predicted octanol–water partition coefficient (Wildman–Crippen LogP) is 4.69. The molecule has 1 N–H and O–H groups in total. The minimum absolute atomic E-state index is 0.147. The zero-order valence-corrected chi connectivity index (χ0v) is 20.0. The molecule has 38 heavy (non-hydrogen) atoms. The van der Waals surface area contributed by atoms with E-state index < -0.39 is 29.2 Å². The minimum atomic E-state index is -4.78. The first-order valence-electron chi connectivity index (χ1n) is 11.6. The summed E-state index contributed by atoms with van der Waals surface area (Å²) >= 11 is 0. The third kappa shape index (κ3) is 4.45. The third-order valence-electron chi connectivity index (χ3n) is 6.26. The number of esters is 1. The number of amides is 1. The van der Waals surface area contributed by atoms with Gasteiger partial charge in [0.05, 0.1) is 18.1 Å². The van der Waals surface area contributed by atoms with E-state index in [0.717, 1.165) is 28.9 Å². The van der Waals surface area contributed by atoms with Crippen LogP contribution >= 0.6 is 0 Å². The Labute approximate surface area is 214 Å². The Kier molecular flexibility index (Phi) is 6.31. The van der Waals surface area contributed by atoms with E-state index in [2.05, 4.69) is 10.3 Å². The molecule has 0 saturated carbocycles. The van der Waals surface area contributed by atoms with Gasteiger partial charge in [-0.15, -0.1) is 0 Å². The molecule has 0 fully saturated rings. The summed E-state index contributed by atoms with van der Waals surface area (Å²) in [6.45, 7) is -0.374. The number of para-hydroxylation sites is 1. The van der Waals surface area contributed by atoms with Gasteiger partial charge >= 0.3 is 12.1 Å². The van der Waals surface area contributed by atoms with Crippen LogP contribution < -0.4 is 10.7 Å². The van der Waals surface area contributed by atoms with E-state index in [-0.39, 0.29) is 34.5 Å². The van der Waals surface area contributed by atoms with E-state index in [9.17, 15) is 27.6 Å². The quantitative estimate of drug-likeness (QED) is 0.387. The fourth-order valence-corrected chi connectivity index (χ4v) is 4.44. The summed E-state index contributed by atoms with van der Waals surface area (Å²) in [5, 5.41) is 2.51. The van der Waals surface area contributed by atoms with Crippen molar-refractivity contribution in [2.24, 2.45) is 0 Å². The van der Waals surface area contributed by atoms with Gasteiger partial charge in [0.25, 0.3) is 5.91 Å². The molecule has 0 spiro atoms. The predicted molar refractivity (Wildman–Crippen MR) is 134 cm³/mol. The number of hydrogen-bond donors (Lipinski definition) is 1. The summed E-state index contributed by atoms with van der Waals surface area (Å²) in [4.78, 5) is 43.2. The first-order chi connectivity index (χ1) is 18.2. The number of pyridine rings is 2. The number of carbonyl (C=O) groups excluding carboxylic acids is 2. The van der Waals surface area contributed by atoms with E-state index in [1.54, 1.807) is 42.5 Å². The molecule has 5 rings (SSSR count). The molecular weight excluding hydrogens is 499 g/mol. The summed E-state index contributed by atoms with van der Waals surface area (Å²) in [6, 6.07) is 15.0. The maximum absolute atomic E-state index is 13.5. The molecule has 10 heteroatoms. The number of halogens is 3. The number of ether oxygens (including phenoxy) is 1. The lowest BCUT2D eigenvalue weighted by Crippen LogP contribution is -2.31. The number of nitrogens with one attached hydrogen (secondary N) is 1. The summed E-state index contributed by atoms with van der Waals surface area (Å²) < 4.78 is 46.6. The van der Waals surface area contributed by atoms with Gasteiger partial charge in [0.15, 0.2) is 5.43 Å². The van der Waals surface area contributed by atoms with Gasteiger partial charge in [-0.2, -0.15) is 13.2 Å². The van der Waals surface area contributed by atoms with Crippen molar-refractivity contribution in [1.29, 1.82) is 0 Å². The number of nitrogens with zero attached hydrogens (tertiary/aromatic N) is 2. The van der Waals surface area contributed by atoms with Gasteiger partial charge in [0.1, 0.15) is 17.0 Å². The summed E-state index contributed by atoms with van der Waals surface area (Å²) in [5.74, 6) is -1.45. The fraction of sp³-hybridized carbons (Fsp3) is 0.143. The second kappa shape index (κ2) is 9.62. The van der Waals surface area contributed by atoms with Gasteiger partial charge in [-0.1, -0.05) is 36.4 Å². The summed E-state index contributed by atoms with van der Waals surface area (Å²) in [6.07, 6.45) is -0.148. The molecule has 0 radical (unpaired) electrons. The Morgan fingerprint density at radius 1 is 1.08 bits per heavy atom. The molecule has 0 atom stereocenters. The second-order valence-electron chi connectivity index (χ2n) is 8.59. The highest BCUT2D eigenvalue weighted by Crippen LogP contribution is 2.30. The van der Waals surface area contributed by atoms with Gasteiger partial charge in [-0.3, -0.25) is 14.2 Å². The smallest absolute Gasteiger partial charge is 0.433 e. The van der Waals surface area contributed by atoms with E-state index in [4.69, 9.17) is 4.74 Å². The molecule has 0 saturated heterocycles. The average molecular weight is 519 g/mol. The minimum Gasteiger partial charge on any atom is -0.464 e. The molecule has 0 unspecified atom stereocenters. The van der Waals surface area contributed by atoms with Crippen molar-refractivity contribution in [3.8, 4) is 5.69 Å². The van der Waals surface area contributed by atoms with Crippen molar-refractivity contribution < 1.29 is 27.5 Å². The molecule has 1 aliphatic rings. The molecular formula is C28H20F3N3O4. The number of allylic oxidation sites excluding steroid dienone is 1. The van der Waals surface area contributed by atoms with Gasteiger partial charge < -0.3 is 10.1 Å². The van der Waals surface area contributed by atoms with Crippen LogP contribution in [0.2, 0.25) is 0 Å². The third-order valence-corrected chi connectivity index (χ3v) is 6.26. The monoisotopic (exact) mass is 519 g/mol. The highest BCUT2D eigenvalue weighted by Gasteiger charge is 2.34. The van der Waals surface area contributed by atoms with Crippen molar-refractivity contribution in [1.82, 2.24) is 14.9 Å². The number of rotatable bonds is 5. The topological polar surface area (TPSA) is 90.3 Å². The average Bonchev–Trinajstić information content (AvgIpc) is 3.39. The lowest BCUT2D eigenvalue weighted by atomic mass is 10.0. The van der Waals surface area contributed by atoms with Crippen molar-refractivity contribution in [2.75, 3.05) is 7.11 Å². The summed E-state index contributed by atoms with van der Waals surface area (Å²) in [5.41, 5.74) is -0.164. The number of alkyl halides is 3. The van der Waals surface area contributed by atoms with Crippen LogP contribution in [0.25, 0.3) is 22.8 Å². The zero-order valence-electron chi connectivity index (χ0n) is 20.0. The second-order valence-corrected chi connectivity index (χ2v) is 8.59. The lowest BCUT2D eigenvalue weighted by molar-refractivity contribution is -0.141. The normalized spacial score (nSPS) is 12.4. The highest BCUT2D eigenvalue weighted by atomic mass is 19.4. The van der Waals surface area contributed by atoms with Gasteiger partial charge in [-0.25, -0.2) is 9.78 Å². The highest BCUT2D eigenvalue weighted by molar-refractivity contribution is 5.96. The molecule has 2 aromatic heterocycles. The van der Waals surface area contributed by atoms with Gasteiger partial charge in [0.2, 0.25) is 0 Å². The van der Waals surface area contributed by atoms with E-state index in [1.807, 2.05) is 18.2 Å². The van der Waals surface area contributed by atoms with Gasteiger partial charge in [-0.05, 0) is 53.9 Å². The molecule has 4 aromatic rings. The number of methoxy groups -OCH3 is 1. The zero-order chi connectivity index (χ0) is 27.0. The Morgan fingerprint density at radius 3 is 2.55 bits per heavy atom. The van der Waals surface area contributed by atoms with Crippen molar-refractivity contribution >= 4 is 29.0 Å². The summed E-state index contributed by atoms with van der Waals surface area (Å²) in [7, 11) is 1.09. The molecule has 7 nitrogen and oxygen atoms in total. The first-order valence-corrected chi connectivity index (χ1v) is 11.6. The van der Waals surface area contributed by atoms with Crippen LogP contribution in [0, 0.1) is 0 Å². The maximum Gasteiger partial charge on any atom is 0.433 e. The van der Waals surface area contributed by atoms with Crippen LogP contribution in [-0.4, -0.2) is 28.5 Å². The van der Waals surface area contributed by atoms with Crippen LogP contribution in [0.15, 0.2) is 71.5 Å². The Balaban J connectivity index is 1.67. The molecule has 0 bridgehead atoms. The van der Waals surface area contributed by atoms with E-state index >= 15 is 0 Å². The number of carbonyl (C=O) groups is 2. The number of benzene rings is 2. The van der Waals surface area contributed by atoms with E-state index in [1.165, 1.54) is 0 Å². The van der Waals surface area contributed by atoms with Crippen LogP contribution in [0.5, 0.6) is 0 Å². The molecule has 0 aliphatic heterocycles. The molecule has 192 valence electrons. The largest absolute Gasteiger partial charge is 0.464 e. The molecule has 2 heterocycles. The number of aromatic nitrogens is 2. The standard InChI is InChI=1S/C28H20F3N3O4/c1-38-27(37)23-21(15-32-26(36)18-11-10-16-6-5-7-17(16)14-18)24(35)20-12-13-22(28(29,30)31)33-25(20)34(23)19-8-3-2-4-9-19/h2-6,8-14H,7,15H2,1H3,(H,32,36). The Hall–Kier alpha value is -4.73. The van der Waals surface area contributed by atoms with Crippen LogP contribution in [0.4, 0.5) is 13.2 Å². The van der Waals surface area contributed by atoms with Crippen LogP contribution in [0.1, 0.15) is 43.2 Å².